The van der Waals surface area contributed by atoms with Crippen LogP contribution in [0.15, 0.2) is 11.6 Å². The Balaban J connectivity index is 1.66. The molecule has 0 amide bonds. The lowest BCUT2D eigenvalue weighted by molar-refractivity contribution is -0.180. The van der Waals surface area contributed by atoms with Crippen LogP contribution in [0.3, 0.4) is 0 Å². The number of ketones is 1. The smallest absolute Gasteiger partial charge is 0.159 e. The summed E-state index contributed by atoms with van der Waals surface area (Å²) in [6.45, 7) is 8.29. The average Bonchev–Trinajstić information content (AvgIpc) is 3.05. The number of aliphatic hydroxyl groups excluding tert-OH is 4. The van der Waals surface area contributed by atoms with E-state index in [0.717, 1.165) is 0 Å². The van der Waals surface area contributed by atoms with Gasteiger partial charge in [-0.2, -0.15) is 0 Å². The average molecular weight is 511 g/mol. The maximum Gasteiger partial charge on any atom is 0.159 e. The molecule has 206 valence electrons. The standard InChI is InChI=1S/C28H46O8/c1-24(2,34)15(14-29)10-23(33)27(5,35)22-7-9-28(36)17-11-19(30)18-12-20(31)21(32)13-25(18,3)16(17)6-8-26(22,28)4/h11,15-16,18,20-23,29,31-36H,6-10,12-14H2,1-5H3. The number of rotatable bonds is 6. The molecule has 0 aromatic rings. The van der Waals surface area contributed by atoms with Crippen molar-refractivity contribution >= 4 is 5.78 Å². The zero-order chi connectivity index (χ0) is 27.1. The summed E-state index contributed by atoms with van der Waals surface area (Å²) in [5.41, 5.74) is -4.89. The second-order valence-electron chi connectivity index (χ2n) is 13.6. The van der Waals surface area contributed by atoms with Gasteiger partial charge < -0.3 is 35.7 Å². The molecule has 4 aliphatic carbocycles. The molecule has 0 bridgehead atoms. The molecule has 11 unspecified atom stereocenters. The number of hydrogen-bond acceptors (Lipinski definition) is 8. The highest BCUT2D eigenvalue weighted by molar-refractivity contribution is 5.95. The molecule has 0 heterocycles. The van der Waals surface area contributed by atoms with Gasteiger partial charge in [0.1, 0.15) is 0 Å². The van der Waals surface area contributed by atoms with Crippen LogP contribution in [0.5, 0.6) is 0 Å². The Morgan fingerprint density at radius 2 is 1.69 bits per heavy atom. The first-order valence-electron chi connectivity index (χ1n) is 13.5. The third-order valence-electron chi connectivity index (χ3n) is 11.2. The predicted octanol–water partition coefficient (Wildman–Crippen LogP) is 1.07. The summed E-state index contributed by atoms with van der Waals surface area (Å²) in [4.78, 5) is 13.3. The van der Waals surface area contributed by atoms with Gasteiger partial charge in [-0.3, -0.25) is 4.79 Å². The summed E-state index contributed by atoms with van der Waals surface area (Å²) in [5, 5.41) is 76.0. The van der Waals surface area contributed by atoms with Gasteiger partial charge in [0.05, 0.1) is 35.1 Å². The van der Waals surface area contributed by atoms with Crippen LogP contribution in [0, 0.1) is 34.5 Å². The predicted molar refractivity (Wildman–Crippen MR) is 133 cm³/mol. The Labute approximate surface area is 214 Å². The van der Waals surface area contributed by atoms with E-state index in [9.17, 15) is 40.5 Å². The fourth-order valence-electron chi connectivity index (χ4n) is 8.63. The number of allylic oxidation sites excluding steroid dienone is 1. The van der Waals surface area contributed by atoms with Crippen molar-refractivity contribution in [2.24, 2.45) is 34.5 Å². The zero-order valence-corrected chi connectivity index (χ0v) is 22.3. The summed E-state index contributed by atoms with van der Waals surface area (Å²) >= 11 is 0. The molecule has 3 fully saturated rings. The van der Waals surface area contributed by atoms with Crippen LogP contribution in [0.2, 0.25) is 0 Å². The third-order valence-corrected chi connectivity index (χ3v) is 11.2. The summed E-state index contributed by atoms with van der Waals surface area (Å²) in [6, 6.07) is 0. The van der Waals surface area contributed by atoms with Crippen LogP contribution in [-0.4, -0.2) is 83.3 Å². The maximum atomic E-state index is 13.3. The number of hydrogen-bond donors (Lipinski definition) is 7. The van der Waals surface area contributed by atoms with Crippen LogP contribution in [0.25, 0.3) is 0 Å². The zero-order valence-electron chi connectivity index (χ0n) is 22.3. The van der Waals surface area contributed by atoms with Gasteiger partial charge in [-0.1, -0.05) is 13.8 Å². The van der Waals surface area contributed by atoms with Gasteiger partial charge in [0.2, 0.25) is 0 Å². The van der Waals surface area contributed by atoms with E-state index in [4.69, 9.17) is 0 Å². The Morgan fingerprint density at radius 1 is 1.06 bits per heavy atom. The van der Waals surface area contributed by atoms with Crippen LogP contribution in [0.4, 0.5) is 0 Å². The third kappa shape index (κ3) is 3.94. The first-order valence-corrected chi connectivity index (χ1v) is 13.5. The molecular weight excluding hydrogens is 464 g/mol. The molecule has 0 radical (unpaired) electrons. The van der Waals surface area contributed by atoms with Gasteiger partial charge in [-0.05, 0) is 94.6 Å². The second-order valence-corrected chi connectivity index (χ2v) is 13.6. The lowest BCUT2D eigenvalue weighted by Crippen LogP contribution is -2.63. The minimum atomic E-state index is -1.60. The SMILES string of the molecule is CC(C)(O)C(CO)CC(O)C(C)(O)C1CCC2(O)C3=CC(=O)C4CC(O)C(O)CC4(C)C3CCC12C. The van der Waals surface area contributed by atoms with E-state index in [1.54, 1.807) is 26.8 Å². The Hall–Kier alpha value is -0.870. The molecule has 11 atom stereocenters. The second kappa shape index (κ2) is 8.83. The first kappa shape index (κ1) is 28.1. The topological polar surface area (TPSA) is 159 Å². The first-order chi connectivity index (χ1) is 16.4. The molecule has 0 spiro atoms. The van der Waals surface area contributed by atoms with Crippen molar-refractivity contribution in [3.05, 3.63) is 11.6 Å². The summed E-state index contributed by atoms with van der Waals surface area (Å²) in [5.74, 6) is -1.77. The van der Waals surface area contributed by atoms with Crippen molar-refractivity contribution in [3.8, 4) is 0 Å². The molecule has 36 heavy (non-hydrogen) atoms. The Bertz CT molecular complexity index is 908. The molecule has 4 aliphatic rings. The van der Waals surface area contributed by atoms with E-state index in [1.807, 2.05) is 13.8 Å². The van der Waals surface area contributed by atoms with Gasteiger partial charge in [-0.25, -0.2) is 0 Å². The Morgan fingerprint density at radius 3 is 2.28 bits per heavy atom. The largest absolute Gasteiger partial charge is 0.396 e. The van der Waals surface area contributed by atoms with E-state index in [0.29, 0.717) is 37.7 Å². The van der Waals surface area contributed by atoms with E-state index >= 15 is 0 Å². The molecular formula is C28H46O8. The minimum absolute atomic E-state index is 0.00177. The summed E-state index contributed by atoms with van der Waals surface area (Å²) in [7, 11) is 0. The van der Waals surface area contributed by atoms with E-state index in [1.165, 1.54) is 0 Å². The minimum Gasteiger partial charge on any atom is -0.396 e. The van der Waals surface area contributed by atoms with Gasteiger partial charge in [-0.15, -0.1) is 0 Å². The molecule has 0 aromatic carbocycles. The van der Waals surface area contributed by atoms with Crippen molar-refractivity contribution < 1.29 is 40.5 Å². The number of carbonyl (C=O) groups is 1. The maximum absolute atomic E-state index is 13.3. The van der Waals surface area contributed by atoms with Crippen molar-refractivity contribution in [1.29, 1.82) is 0 Å². The van der Waals surface area contributed by atoms with Gasteiger partial charge in [0.15, 0.2) is 5.78 Å². The lowest BCUT2D eigenvalue weighted by Gasteiger charge is -2.60. The molecule has 0 aromatic heterocycles. The molecule has 8 heteroatoms. The van der Waals surface area contributed by atoms with Crippen molar-refractivity contribution in [2.45, 2.75) is 115 Å². The van der Waals surface area contributed by atoms with Crippen LogP contribution >= 0.6 is 0 Å². The molecule has 3 saturated carbocycles. The van der Waals surface area contributed by atoms with Crippen molar-refractivity contribution in [2.75, 3.05) is 6.61 Å². The fourth-order valence-corrected chi connectivity index (χ4v) is 8.63. The lowest BCUT2D eigenvalue weighted by atomic mass is 9.45. The highest BCUT2D eigenvalue weighted by Crippen LogP contribution is 2.68. The summed E-state index contributed by atoms with van der Waals surface area (Å²) < 4.78 is 0. The fraction of sp³-hybridized carbons (Fsp3) is 0.893. The van der Waals surface area contributed by atoms with Crippen LogP contribution in [0.1, 0.15) is 79.6 Å². The summed E-state index contributed by atoms with van der Waals surface area (Å²) in [6.07, 6.45) is 1.02. The normalized spacial score (nSPS) is 46.2. The van der Waals surface area contributed by atoms with E-state index in [-0.39, 0.29) is 31.1 Å². The van der Waals surface area contributed by atoms with Crippen LogP contribution in [-0.2, 0) is 4.79 Å². The van der Waals surface area contributed by atoms with E-state index in [2.05, 4.69) is 0 Å². The van der Waals surface area contributed by atoms with Gasteiger partial charge in [0, 0.05) is 23.9 Å². The quantitative estimate of drug-likeness (QED) is 0.280. The van der Waals surface area contributed by atoms with E-state index < -0.39 is 63.7 Å². The molecule has 0 saturated heterocycles. The number of fused-ring (bicyclic) bond motifs is 5. The molecule has 7 N–H and O–H groups in total. The highest BCUT2D eigenvalue weighted by Gasteiger charge is 2.69. The number of aliphatic hydroxyl groups is 7. The molecule has 4 rings (SSSR count). The van der Waals surface area contributed by atoms with Crippen LogP contribution < -0.4 is 0 Å². The highest BCUT2D eigenvalue weighted by atomic mass is 16.3. The molecule has 8 nitrogen and oxygen atoms in total. The number of carbonyl (C=O) groups excluding carboxylic acids is 1. The Kier molecular flexibility index (Phi) is 6.90. The van der Waals surface area contributed by atoms with Crippen molar-refractivity contribution in [3.63, 3.8) is 0 Å². The van der Waals surface area contributed by atoms with Gasteiger partial charge in [0.25, 0.3) is 0 Å². The monoisotopic (exact) mass is 510 g/mol. The molecule has 0 aliphatic heterocycles. The van der Waals surface area contributed by atoms with Gasteiger partial charge >= 0.3 is 0 Å². The van der Waals surface area contributed by atoms with Crippen molar-refractivity contribution in [1.82, 2.24) is 0 Å².